The maximum atomic E-state index is 11.3. The van der Waals surface area contributed by atoms with Crippen LogP contribution in [0, 0.1) is 0 Å². The number of hydrogen-bond acceptors (Lipinski definition) is 4. The zero-order chi connectivity index (χ0) is 12.7. The van der Waals surface area contributed by atoms with Crippen LogP contribution in [0.1, 0.15) is 6.92 Å². The smallest absolute Gasteiger partial charge is 0.407 e. The van der Waals surface area contributed by atoms with Crippen LogP contribution in [0.4, 0.5) is 4.79 Å². The fourth-order valence-corrected chi connectivity index (χ4v) is 1.19. The largest absolute Gasteiger partial charge is 0.450 e. The number of carbonyl (C=O) groups excluding carboxylic acids is 2. The van der Waals surface area contributed by atoms with Crippen LogP contribution in [0.15, 0.2) is 24.3 Å². The lowest BCUT2D eigenvalue weighted by Gasteiger charge is -2.06. The van der Waals surface area contributed by atoms with Crippen LogP contribution < -0.4 is 10.1 Å². The second-order valence-corrected chi connectivity index (χ2v) is 3.39. The summed E-state index contributed by atoms with van der Waals surface area (Å²) in [6.07, 6.45) is -0.663. The van der Waals surface area contributed by atoms with Crippen molar-refractivity contribution >= 4 is 23.7 Å². The Bertz CT molecular complexity index is 408. The Morgan fingerprint density at radius 3 is 2.71 bits per heavy atom. The van der Waals surface area contributed by atoms with Crippen LogP contribution in [0.2, 0.25) is 5.02 Å². The third kappa shape index (κ3) is 4.74. The number of halogens is 1. The fraction of sp³-hybridized carbons (Fsp3) is 0.273. The van der Waals surface area contributed by atoms with Crippen LogP contribution in [-0.4, -0.2) is 25.2 Å². The van der Waals surface area contributed by atoms with Crippen molar-refractivity contribution in [1.29, 1.82) is 0 Å². The molecule has 0 heterocycles. The van der Waals surface area contributed by atoms with Crippen molar-refractivity contribution in [1.82, 2.24) is 5.32 Å². The molecule has 0 aliphatic rings. The number of alkyl carbamates (subject to hydrolysis) is 1. The second kappa shape index (κ2) is 6.75. The molecule has 0 radical (unpaired) electrons. The Kier molecular flexibility index (Phi) is 5.29. The van der Waals surface area contributed by atoms with Gasteiger partial charge in [0.15, 0.2) is 0 Å². The molecule has 1 amide bonds. The molecular weight excluding hydrogens is 246 g/mol. The van der Waals surface area contributed by atoms with Gasteiger partial charge in [0, 0.05) is 0 Å². The first-order valence-electron chi connectivity index (χ1n) is 4.99. The number of amides is 1. The molecule has 0 spiro atoms. The van der Waals surface area contributed by atoms with Gasteiger partial charge in [-0.25, -0.2) is 9.59 Å². The van der Waals surface area contributed by atoms with E-state index in [4.69, 9.17) is 16.3 Å². The van der Waals surface area contributed by atoms with E-state index in [1.54, 1.807) is 31.2 Å². The maximum absolute atomic E-state index is 11.3. The average molecular weight is 258 g/mol. The second-order valence-electron chi connectivity index (χ2n) is 2.98. The standard InChI is InChI=1S/C11H12ClNO4/c1-2-16-11(15)13-7-10(14)17-9-6-4-3-5-8(9)12/h3-6H,2,7H2,1H3,(H,13,15). The molecule has 0 unspecified atom stereocenters. The van der Waals surface area contributed by atoms with Gasteiger partial charge < -0.3 is 14.8 Å². The van der Waals surface area contributed by atoms with Gasteiger partial charge in [0.2, 0.25) is 0 Å². The van der Waals surface area contributed by atoms with E-state index in [-0.39, 0.29) is 18.9 Å². The summed E-state index contributed by atoms with van der Waals surface area (Å²) < 4.78 is 9.51. The molecule has 1 N–H and O–H groups in total. The van der Waals surface area contributed by atoms with Crippen molar-refractivity contribution in [2.75, 3.05) is 13.2 Å². The minimum Gasteiger partial charge on any atom is -0.450 e. The highest BCUT2D eigenvalue weighted by Crippen LogP contribution is 2.22. The highest BCUT2D eigenvalue weighted by atomic mass is 35.5. The van der Waals surface area contributed by atoms with E-state index in [9.17, 15) is 9.59 Å². The third-order valence-electron chi connectivity index (χ3n) is 1.71. The summed E-state index contributed by atoms with van der Waals surface area (Å²) in [7, 11) is 0. The topological polar surface area (TPSA) is 64.6 Å². The van der Waals surface area contributed by atoms with Crippen molar-refractivity contribution in [2.24, 2.45) is 0 Å². The lowest BCUT2D eigenvalue weighted by molar-refractivity contribution is -0.133. The molecule has 5 nitrogen and oxygen atoms in total. The molecule has 1 aromatic rings. The van der Waals surface area contributed by atoms with Crippen molar-refractivity contribution in [3.05, 3.63) is 29.3 Å². The van der Waals surface area contributed by atoms with Crippen molar-refractivity contribution in [3.8, 4) is 5.75 Å². The van der Waals surface area contributed by atoms with Crippen LogP contribution in [0.3, 0.4) is 0 Å². The number of benzene rings is 1. The zero-order valence-electron chi connectivity index (χ0n) is 9.23. The van der Waals surface area contributed by atoms with Crippen LogP contribution in [0.5, 0.6) is 5.75 Å². The van der Waals surface area contributed by atoms with Crippen molar-refractivity contribution < 1.29 is 19.1 Å². The molecule has 0 saturated carbocycles. The van der Waals surface area contributed by atoms with Crippen molar-refractivity contribution in [2.45, 2.75) is 6.92 Å². The molecule has 0 fully saturated rings. The van der Waals surface area contributed by atoms with E-state index < -0.39 is 12.1 Å². The molecule has 0 aromatic heterocycles. The number of esters is 1. The number of rotatable bonds is 4. The van der Waals surface area contributed by atoms with Gasteiger partial charge in [0.05, 0.1) is 11.6 Å². The van der Waals surface area contributed by atoms with Gasteiger partial charge in [0.1, 0.15) is 12.3 Å². The molecule has 0 atom stereocenters. The summed E-state index contributed by atoms with van der Waals surface area (Å²) in [5.41, 5.74) is 0. The predicted molar refractivity (Wildman–Crippen MR) is 62.1 cm³/mol. The normalized spacial score (nSPS) is 9.53. The monoisotopic (exact) mass is 257 g/mol. The lowest BCUT2D eigenvalue weighted by atomic mass is 10.3. The van der Waals surface area contributed by atoms with Gasteiger partial charge in [-0.2, -0.15) is 0 Å². The van der Waals surface area contributed by atoms with Gasteiger partial charge >= 0.3 is 12.1 Å². The van der Waals surface area contributed by atoms with E-state index >= 15 is 0 Å². The quantitative estimate of drug-likeness (QED) is 0.662. The molecule has 1 aromatic carbocycles. The highest BCUT2D eigenvalue weighted by molar-refractivity contribution is 6.32. The van der Waals surface area contributed by atoms with E-state index in [0.29, 0.717) is 5.02 Å². The Morgan fingerprint density at radius 2 is 2.06 bits per heavy atom. The first kappa shape index (κ1) is 13.3. The Balaban J connectivity index is 2.40. The Labute approximate surface area is 104 Å². The summed E-state index contributed by atoms with van der Waals surface area (Å²) in [6.45, 7) is 1.64. The Morgan fingerprint density at radius 1 is 1.35 bits per heavy atom. The number of carbonyl (C=O) groups is 2. The first-order chi connectivity index (χ1) is 8.13. The lowest BCUT2D eigenvalue weighted by Crippen LogP contribution is -2.32. The minimum absolute atomic E-state index is 0.241. The predicted octanol–water partition coefficient (Wildman–Crippen LogP) is 1.99. The summed E-state index contributed by atoms with van der Waals surface area (Å²) in [4.78, 5) is 22.2. The van der Waals surface area contributed by atoms with E-state index in [2.05, 4.69) is 10.1 Å². The molecule has 0 aliphatic carbocycles. The van der Waals surface area contributed by atoms with Gasteiger partial charge in [0.25, 0.3) is 0 Å². The average Bonchev–Trinajstić information content (AvgIpc) is 2.30. The fourth-order valence-electron chi connectivity index (χ4n) is 1.01. The number of nitrogens with one attached hydrogen (secondary N) is 1. The van der Waals surface area contributed by atoms with Crippen molar-refractivity contribution in [3.63, 3.8) is 0 Å². The molecule has 92 valence electrons. The molecular formula is C11H12ClNO4. The molecule has 0 aliphatic heterocycles. The molecule has 6 heteroatoms. The van der Waals surface area contributed by atoms with Crippen LogP contribution in [-0.2, 0) is 9.53 Å². The SMILES string of the molecule is CCOC(=O)NCC(=O)Oc1ccccc1Cl. The van der Waals surface area contributed by atoms with Gasteiger partial charge in [-0.05, 0) is 19.1 Å². The number of hydrogen-bond donors (Lipinski definition) is 1. The third-order valence-corrected chi connectivity index (χ3v) is 2.03. The molecule has 0 saturated heterocycles. The number of para-hydroxylation sites is 1. The molecule has 0 bridgehead atoms. The summed E-state index contributed by atoms with van der Waals surface area (Å²) >= 11 is 5.79. The van der Waals surface area contributed by atoms with E-state index in [1.165, 1.54) is 0 Å². The van der Waals surface area contributed by atoms with E-state index in [1.807, 2.05) is 0 Å². The van der Waals surface area contributed by atoms with Gasteiger partial charge in [-0.3, -0.25) is 0 Å². The zero-order valence-corrected chi connectivity index (χ0v) is 9.99. The maximum Gasteiger partial charge on any atom is 0.407 e. The summed E-state index contributed by atoms with van der Waals surface area (Å²) in [6, 6.07) is 6.57. The summed E-state index contributed by atoms with van der Waals surface area (Å²) in [5, 5.41) is 2.57. The highest BCUT2D eigenvalue weighted by Gasteiger charge is 2.09. The first-order valence-corrected chi connectivity index (χ1v) is 5.37. The summed E-state index contributed by atoms with van der Waals surface area (Å²) in [5.74, 6) is -0.365. The van der Waals surface area contributed by atoms with Crippen LogP contribution in [0.25, 0.3) is 0 Å². The minimum atomic E-state index is -0.663. The Hall–Kier alpha value is -1.75. The van der Waals surface area contributed by atoms with E-state index in [0.717, 1.165) is 0 Å². The van der Waals surface area contributed by atoms with Gasteiger partial charge in [-0.1, -0.05) is 23.7 Å². The number of ether oxygens (including phenoxy) is 2. The van der Waals surface area contributed by atoms with Gasteiger partial charge in [-0.15, -0.1) is 0 Å². The molecule has 1 rings (SSSR count). The van der Waals surface area contributed by atoms with Crippen LogP contribution >= 0.6 is 11.6 Å². The molecule has 17 heavy (non-hydrogen) atoms.